The van der Waals surface area contributed by atoms with Crippen LogP contribution < -0.4 is 10.6 Å². The van der Waals surface area contributed by atoms with E-state index in [1.807, 2.05) is 55.1 Å². The van der Waals surface area contributed by atoms with Crippen molar-refractivity contribution < 1.29 is 4.79 Å². The molecule has 0 fully saturated rings. The van der Waals surface area contributed by atoms with Crippen LogP contribution in [-0.4, -0.2) is 12.5 Å². The Labute approximate surface area is 119 Å². The summed E-state index contributed by atoms with van der Waals surface area (Å²) in [5, 5.41) is 0. The maximum atomic E-state index is 12.8. The Kier molecular flexibility index (Phi) is 2.97. The Hall–Kier alpha value is -2.29. The SMILES string of the molecule is Cc1cccc(C)c1C(=O)N1CCc2cc(N)ccc21. The minimum Gasteiger partial charge on any atom is -0.399 e. The van der Waals surface area contributed by atoms with Crippen molar-refractivity contribution in [3.8, 4) is 0 Å². The molecule has 0 bridgehead atoms. The van der Waals surface area contributed by atoms with E-state index in [1.165, 1.54) is 0 Å². The van der Waals surface area contributed by atoms with Gasteiger partial charge in [-0.05, 0) is 55.2 Å². The number of fused-ring (bicyclic) bond motifs is 1. The van der Waals surface area contributed by atoms with Crippen molar-refractivity contribution in [3.05, 3.63) is 58.7 Å². The molecule has 1 heterocycles. The molecule has 0 radical (unpaired) electrons. The summed E-state index contributed by atoms with van der Waals surface area (Å²) in [5.41, 5.74) is 11.6. The number of hydrogen-bond acceptors (Lipinski definition) is 2. The van der Waals surface area contributed by atoms with Crippen molar-refractivity contribution in [1.82, 2.24) is 0 Å². The molecule has 0 spiro atoms. The third-order valence-corrected chi connectivity index (χ3v) is 3.94. The van der Waals surface area contributed by atoms with Crippen molar-refractivity contribution in [2.75, 3.05) is 17.2 Å². The fourth-order valence-corrected chi connectivity index (χ4v) is 2.92. The molecule has 0 aliphatic carbocycles. The first-order valence-corrected chi connectivity index (χ1v) is 6.84. The number of carbonyl (C=O) groups excluding carboxylic acids is 1. The van der Waals surface area contributed by atoms with Crippen LogP contribution in [0.5, 0.6) is 0 Å². The van der Waals surface area contributed by atoms with Gasteiger partial charge in [-0.15, -0.1) is 0 Å². The van der Waals surface area contributed by atoms with Crippen LogP contribution in [0.3, 0.4) is 0 Å². The molecule has 0 saturated heterocycles. The van der Waals surface area contributed by atoms with Crippen molar-refractivity contribution in [3.63, 3.8) is 0 Å². The van der Waals surface area contributed by atoms with Gasteiger partial charge in [0.05, 0.1) is 0 Å². The molecule has 0 unspecified atom stereocenters. The molecule has 3 nitrogen and oxygen atoms in total. The lowest BCUT2D eigenvalue weighted by Crippen LogP contribution is -2.30. The van der Waals surface area contributed by atoms with Crippen LogP contribution in [-0.2, 0) is 6.42 Å². The van der Waals surface area contributed by atoms with E-state index < -0.39 is 0 Å². The average molecular weight is 266 g/mol. The fraction of sp³-hybridized carbons (Fsp3) is 0.235. The number of nitrogens with zero attached hydrogens (tertiary/aromatic N) is 1. The number of rotatable bonds is 1. The van der Waals surface area contributed by atoms with Gasteiger partial charge in [-0.1, -0.05) is 18.2 Å². The highest BCUT2D eigenvalue weighted by molar-refractivity contribution is 6.09. The minimum absolute atomic E-state index is 0.0871. The molecular weight excluding hydrogens is 248 g/mol. The molecular formula is C17H18N2O. The van der Waals surface area contributed by atoms with Crippen LogP contribution in [0.4, 0.5) is 11.4 Å². The Morgan fingerprint density at radius 3 is 2.55 bits per heavy atom. The van der Waals surface area contributed by atoms with Gasteiger partial charge in [0.15, 0.2) is 0 Å². The van der Waals surface area contributed by atoms with Crippen LogP contribution in [0.1, 0.15) is 27.0 Å². The van der Waals surface area contributed by atoms with Crippen LogP contribution in [0.25, 0.3) is 0 Å². The van der Waals surface area contributed by atoms with Crippen molar-refractivity contribution in [2.45, 2.75) is 20.3 Å². The highest BCUT2D eigenvalue weighted by Gasteiger charge is 2.27. The van der Waals surface area contributed by atoms with Gasteiger partial charge in [-0.3, -0.25) is 4.79 Å². The van der Waals surface area contributed by atoms with E-state index in [1.54, 1.807) is 0 Å². The van der Waals surface area contributed by atoms with E-state index in [-0.39, 0.29) is 5.91 Å². The summed E-state index contributed by atoms with van der Waals surface area (Å²) in [6.45, 7) is 4.70. The van der Waals surface area contributed by atoms with Crippen molar-refractivity contribution >= 4 is 17.3 Å². The van der Waals surface area contributed by atoms with Crippen molar-refractivity contribution in [2.24, 2.45) is 0 Å². The van der Waals surface area contributed by atoms with E-state index in [2.05, 4.69) is 0 Å². The predicted octanol–water partition coefficient (Wildman–Crippen LogP) is 3.09. The summed E-state index contributed by atoms with van der Waals surface area (Å²) in [4.78, 5) is 14.7. The number of aryl methyl sites for hydroxylation is 2. The van der Waals surface area contributed by atoms with Gasteiger partial charge in [-0.2, -0.15) is 0 Å². The predicted molar refractivity (Wildman–Crippen MR) is 82.2 cm³/mol. The Balaban J connectivity index is 2.02. The average Bonchev–Trinajstić information content (AvgIpc) is 2.81. The largest absolute Gasteiger partial charge is 0.399 e. The monoisotopic (exact) mass is 266 g/mol. The normalized spacial score (nSPS) is 13.4. The number of amides is 1. The first-order valence-electron chi connectivity index (χ1n) is 6.84. The summed E-state index contributed by atoms with van der Waals surface area (Å²) < 4.78 is 0. The number of hydrogen-bond donors (Lipinski definition) is 1. The summed E-state index contributed by atoms with van der Waals surface area (Å²) in [6.07, 6.45) is 0.872. The summed E-state index contributed by atoms with van der Waals surface area (Å²) in [6, 6.07) is 11.7. The highest BCUT2D eigenvalue weighted by atomic mass is 16.2. The topological polar surface area (TPSA) is 46.3 Å². The molecule has 3 heteroatoms. The smallest absolute Gasteiger partial charge is 0.258 e. The third kappa shape index (κ3) is 1.95. The van der Waals surface area contributed by atoms with Gasteiger partial charge in [0.25, 0.3) is 5.91 Å². The maximum Gasteiger partial charge on any atom is 0.258 e. The van der Waals surface area contributed by atoms with Gasteiger partial charge >= 0.3 is 0 Å². The van der Waals surface area contributed by atoms with Gasteiger partial charge in [0.1, 0.15) is 0 Å². The fourth-order valence-electron chi connectivity index (χ4n) is 2.92. The molecule has 1 aliphatic rings. The van der Waals surface area contributed by atoms with E-state index in [0.29, 0.717) is 0 Å². The Morgan fingerprint density at radius 1 is 1.15 bits per heavy atom. The first-order chi connectivity index (χ1) is 9.58. The van der Waals surface area contributed by atoms with Gasteiger partial charge in [-0.25, -0.2) is 0 Å². The molecule has 20 heavy (non-hydrogen) atoms. The summed E-state index contributed by atoms with van der Waals surface area (Å²) in [7, 11) is 0. The molecule has 1 amide bonds. The molecule has 3 rings (SSSR count). The van der Waals surface area contributed by atoms with Crippen molar-refractivity contribution in [1.29, 1.82) is 0 Å². The van der Waals surface area contributed by atoms with Gasteiger partial charge < -0.3 is 10.6 Å². The number of anilines is 2. The second kappa shape index (κ2) is 4.67. The van der Waals surface area contributed by atoms with Crippen LogP contribution in [0.15, 0.2) is 36.4 Å². The number of carbonyl (C=O) groups is 1. The van der Waals surface area contributed by atoms with E-state index in [0.717, 1.165) is 46.6 Å². The molecule has 0 aromatic heterocycles. The van der Waals surface area contributed by atoms with E-state index in [4.69, 9.17) is 5.73 Å². The molecule has 1 aliphatic heterocycles. The number of nitrogen functional groups attached to an aromatic ring is 1. The number of benzene rings is 2. The summed E-state index contributed by atoms with van der Waals surface area (Å²) >= 11 is 0. The standard InChI is InChI=1S/C17H18N2O/c1-11-4-3-5-12(2)16(11)17(20)19-9-8-13-10-14(18)6-7-15(13)19/h3-7,10H,8-9,18H2,1-2H3. The zero-order chi connectivity index (χ0) is 14.3. The molecule has 0 atom stereocenters. The molecule has 2 aromatic carbocycles. The molecule has 0 saturated carbocycles. The molecule has 102 valence electrons. The minimum atomic E-state index is 0.0871. The lowest BCUT2D eigenvalue weighted by Gasteiger charge is -2.20. The van der Waals surface area contributed by atoms with E-state index >= 15 is 0 Å². The van der Waals surface area contributed by atoms with Crippen LogP contribution in [0.2, 0.25) is 0 Å². The first kappa shape index (κ1) is 12.7. The lowest BCUT2D eigenvalue weighted by molar-refractivity contribution is 0.0988. The maximum absolute atomic E-state index is 12.8. The number of nitrogens with two attached hydrogens (primary N) is 1. The van der Waals surface area contributed by atoms with Crippen LogP contribution >= 0.6 is 0 Å². The zero-order valence-corrected chi connectivity index (χ0v) is 11.8. The third-order valence-electron chi connectivity index (χ3n) is 3.94. The van der Waals surface area contributed by atoms with Crippen LogP contribution in [0, 0.1) is 13.8 Å². The quantitative estimate of drug-likeness (QED) is 0.806. The molecule has 2 aromatic rings. The lowest BCUT2D eigenvalue weighted by atomic mass is 10.0. The Bertz CT molecular complexity index is 671. The second-order valence-electron chi connectivity index (χ2n) is 5.36. The van der Waals surface area contributed by atoms with Gasteiger partial charge in [0, 0.05) is 23.5 Å². The zero-order valence-electron chi connectivity index (χ0n) is 11.8. The highest BCUT2D eigenvalue weighted by Crippen LogP contribution is 2.31. The van der Waals surface area contributed by atoms with E-state index in [9.17, 15) is 4.79 Å². The Morgan fingerprint density at radius 2 is 1.85 bits per heavy atom. The van der Waals surface area contributed by atoms with Gasteiger partial charge in [0.2, 0.25) is 0 Å². The summed E-state index contributed by atoms with van der Waals surface area (Å²) in [5.74, 6) is 0.0871. The second-order valence-corrected chi connectivity index (χ2v) is 5.36. The molecule has 2 N–H and O–H groups in total.